The smallest absolute Gasteiger partial charge is 0.240 e. The fourth-order valence-corrected chi connectivity index (χ4v) is 3.35. The third kappa shape index (κ3) is 2.71. The van der Waals surface area contributed by atoms with E-state index in [1.807, 2.05) is 0 Å². The summed E-state index contributed by atoms with van der Waals surface area (Å²) in [6.07, 6.45) is 6.48. The molecule has 0 saturated heterocycles. The Morgan fingerprint density at radius 3 is 2.56 bits per heavy atom. The molecule has 1 amide bonds. The average molecular weight is 252 g/mol. The van der Waals surface area contributed by atoms with Crippen LogP contribution in [0.5, 0.6) is 0 Å². The molecule has 3 N–H and O–H groups in total. The fourth-order valence-electron chi connectivity index (χ4n) is 3.35. The summed E-state index contributed by atoms with van der Waals surface area (Å²) in [5.74, 6) is 1.31. The van der Waals surface area contributed by atoms with E-state index in [0.717, 1.165) is 25.8 Å². The monoisotopic (exact) mass is 252 g/mol. The van der Waals surface area contributed by atoms with Crippen LogP contribution >= 0.6 is 0 Å². The predicted molar refractivity (Wildman–Crippen MR) is 74.1 cm³/mol. The second kappa shape index (κ2) is 4.84. The Bertz CT molecular complexity index is 322. The number of hydrogen-bond donors (Lipinski definition) is 2. The minimum Gasteiger partial charge on any atom is -0.354 e. The lowest BCUT2D eigenvalue weighted by atomic mass is 9.76. The fraction of sp³-hybridized carbons (Fsp3) is 0.933. The number of nitrogens with two attached hydrogens (primary N) is 1. The molecule has 18 heavy (non-hydrogen) atoms. The van der Waals surface area contributed by atoms with Crippen molar-refractivity contribution in [3.8, 4) is 0 Å². The van der Waals surface area contributed by atoms with E-state index in [1.54, 1.807) is 0 Å². The van der Waals surface area contributed by atoms with Gasteiger partial charge in [0, 0.05) is 6.54 Å². The van der Waals surface area contributed by atoms with E-state index in [9.17, 15) is 4.79 Å². The van der Waals surface area contributed by atoms with Crippen molar-refractivity contribution >= 4 is 5.91 Å². The van der Waals surface area contributed by atoms with Gasteiger partial charge in [-0.1, -0.05) is 33.6 Å². The van der Waals surface area contributed by atoms with Crippen molar-refractivity contribution in [2.45, 2.75) is 64.8 Å². The Morgan fingerprint density at radius 1 is 1.39 bits per heavy atom. The Kier molecular flexibility index (Phi) is 3.72. The van der Waals surface area contributed by atoms with Crippen molar-refractivity contribution in [3.63, 3.8) is 0 Å². The largest absolute Gasteiger partial charge is 0.354 e. The van der Waals surface area contributed by atoms with Gasteiger partial charge in [0.05, 0.1) is 5.54 Å². The van der Waals surface area contributed by atoms with E-state index in [2.05, 4.69) is 26.1 Å². The van der Waals surface area contributed by atoms with Crippen molar-refractivity contribution in [2.75, 3.05) is 6.54 Å². The van der Waals surface area contributed by atoms with E-state index >= 15 is 0 Å². The Labute approximate surface area is 111 Å². The topological polar surface area (TPSA) is 55.1 Å². The summed E-state index contributed by atoms with van der Waals surface area (Å²) in [6, 6.07) is 0. The first-order valence-corrected chi connectivity index (χ1v) is 7.45. The Hall–Kier alpha value is -0.570. The van der Waals surface area contributed by atoms with Gasteiger partial charge in [0.25, 0.3) is 0 Å². The maximum Gasteiger partial charge on any atom is 0.240 e. The molecule has 0 aliphatic heterocycles. The molecule has 0 heterocycles. The standard InChI is InChI=1S/C15H28N2O/c1-11(2)14(7-8-14)10-17-13(18)15(16)6-4-5-12(3)9-15/h11-12H,4-10,16H2,1-3H3,(H,17,18). The van der Waals surface area contributed by atoms with Gasteiger partial charge in [-0.2, -0.15) is 0 Å². The third-order valence-electron chi connectivity index (χ3n) is 5.20. The molecular formula is C15H28N2O. The molecule has 0 radical (unpaired) electrons. The van der Waals surface area contributed by atoms with E-state index < -0.39 is 5.54 Å². The van der Waals surface area contributed by atoms with Crippen molar-refractivity contribution in [2.24, 2.45) is 23.0 Å². The maximum absolute atomic E-state index is 12.3. The van der Waals surface area contributed by atoms with Crippen LogP contribution in [0.2, 0.25) is 0 Å². The number of amides is 1. The minimum absolute atomic E-state index is 0.0842. The highest BCUT2D eigenvalue weighted by molar-refractivity contribution is 5.86. The van der Waals surface area contributed by atoms with Gasteiger partial charge < -0.3 is 11.1 Å². The molecule has 3 heteroatoms. The highest BCUT2D eigenvalue weighted by Crippen LogP contribution is 2.51. The van der Waals surface area contributed by atoms with Crippen LogP contribution in [0.3, 0.4) is 0 Å². The van der Waals surface area contributed by atoms with Crippen molar-refractivity contribution in [3.05, 3.63) is 0 Å². The highest BCUT2D eigenvalue weighted by atomic mass is 16.2. The summed E-state index contributed by atoms with van der Waals surface area (Å²) < 4.78 is 0. The maximum atomic E-state index is 12.3. The number of rotatable bonds is 4. The van der Waals surface area contributed by atoms with Crippen LogP contribution in [0, 0.1) is 17.3 Å². The number of hydrogen-bond acceptors (Lipinski definition) is 2. The first kappa shape index (κ1) is 13.9. The first-order chi connectivity index (χ1) is 8.38. The summed E-state index contributed by atoms with van der Waals surface area (Å²) in [5.41, 5.74) is 6.07. The van der Waals surface area contributed by atoms with Crippen molar-refractivity contribution < 1.29 is 4.79 Å². The van der Waals surface area contributed by atoms with Crippen LogP contribution in [-0.2, 0) is 4.79 Å². The molecule has 2 rings (SSSR count). The van der Waals surface area contributed by atoms with Crippen LogP contribution in [0.1, 0.15) is 59.3 Å². The Balaban J connectivity index is 1.88. The third-order valence-corrected chi connectivity index (χ3v) is 5.20. The molecule has 2 unspecified atom stereocenters. The van der Waals surface area contributed by atoms with Crippen molar-refractivity contribution in [1.29, 1.82) is 0 Å². The van der Waals surface area contributed by atoms with Gasteiger partial charge in [0.2, 0.25) is 5.91 Å². The lowest BCUT2D eigenvalue weighted by Crippen LogP contribution is -2.57. The summed E-state index contributed by atoms with van der Waals surface area (Å²) in [7, 11) is 0. The lowest BCUT2D eigenvalue weighted by Gasteiger charge is -2.36. The molecule has 0 aromatic carbocycles. The molecule has 2 aliphatic carbocycles. The van der Waals surface area contributed by atoms with Gasteiger partial charge >= 0.3 is 0 Å². The predicted octanol–water partition coefficient (Wildman–Crippen LogP) is 2.45. The average Bonchev–Trinajstić information content (AvgIpc) is 3.06. The van der Waals surface area contributed by atoms with E-state index in [1.165, 1.54) is 19.3 Å². The molecule has 104 valence electrons. The molecule has 2 atom stereocenters. The summed E-state index contributed by atoms with van der Waals surface area (Å²) in [4.78, 5) is 12.3. The van der Waals surface area contributed by atoms with Crippen LogP contribution in [-0.4, -0.2) is 18.0 Å². The molecule has 3 nitrogen and oxygen atoms in total. The minimum atomic E-state index is -0.606. The van der Waals surface area contributed by atoms with Crippen molar-refractivity contribution in [1.82, 2.24) is 5.32 Å². The van der Waals surface area contributed by atoms with E-state index in [4.69, 9.17) is 5.73 Å². The normalized spacial score (nSPS) is 34.4. The zero-order valence-corrected chi connectivity index (χ0v) is 12.1. The molecule has 0 spiro atoms. The van der Waals surface area contributed by atoms with Gasteiger partial charge in [-0.3, -0.25) is 4.79 Å². The SMILES string of the molecule is CC1CCCC(N)(C(=O)NCC2(C(C)C)CC2)C1. The second-order valence-corrected chi connectivity index (χ2v) is 7.06. The lowest BCUT2D eigenvalue weighted by molar-refractivity contribution is -0.128. The molecule has 2 saturated carbocycles. The summed E-state index contributed by atoms with van der Waals surface area (Å²) in [5, 5.41) is 3.13. The molecule has 0 aromatic rings. The number of carbonyl (C=O) groups excluding carboxylic acids is 1. The van der Waals surface area contributed by atoms with Gasteiger partial charge in [0.1, 0.15) is 0 Å². The Morgan fingerprint density at radius 2 is 2.06 bits per heavy atom. The van der Waals surface area contributed by atoms with E-state index in [-0.39, 0.29) is 5.91 Å². The van der Waals surface area contributed by atoms with Gasteiger partial charge in [-0.25, -0.2) is 0 Å². The number of nitrogens with one attached hydrogen (secondary N) is 1. The van der Waals surface area contributed by atoms with Gasteiger partial charge in [-0.15, -0.1) is 0 Å². The second-order valence-electron chi connectivity index (χ2n) is 7.06. The summed E-state index contributed by atoms with van der Waals surface area (Å²) in [6.45, 7) is 7.52. The molecule has 0 aromatic heterocycles. The zero-order chi connectivity index (χ0) is 13.4. The van der Waals surface area contributed by atoms with Crippen LogP contribution in [0.25, 0.3) is 0 Å². The molecule has 2 aliphatic rings. The van der Waals surface area contributed by atoms with Crippen LogP contribution in [0.4, 0.5) is 0 Å². The van der Waals surface area contributed by atoms with Crippen LogP contribution in [0.15, 0.2) is 0 Å². The van der Waals surface area contributed by atoms with E-state index in [0.29, 0.717) is 17.3 Å². The highest BCUT2D eigenvalue weighted by Gasteiger charge is 2.46. The quantitative estimate of drug-likeness (QED) is 0.807. The molecular weight excluding hydrogens is 224 g/mol. The number of carbonyl (C=O) groups is 1. The summed E-state index contributed by atoms with van der Waals surface area (Å²) >= 11 is 0. The zero-order valence-electron chi connectivity index (χ0n) is 12.1. The molecule has 2 fully saturated rings. The van der Waals surface area contributed by atoms with Gasteiger partial charge in [0.15, 0.2) is 0 Å². The van der Waals surface area contributed by atoms with Crippen LogP contribution < -0.4 is 11.1 Å². The van der Waals surface area contributed by atoms with Gasteiger partial charge in [-0.05, 0) is 42.9 Å². The first-order valence-electron chi connectivity index (χ1n) is 7.45. The molecule has 0 bridgehead atoms.